The Morgan fingerprint density at radius 1 is 1.06 bits per heavy atom. The van der Waals surface area contributed by atoms with Crippen molar-refractivity contribution in [3.63, 3.8) is 0 Å². The monoisotopic (exact) mass is 437 g/mol. The summed E-state index contributed by atoms with van der Waals surface area (Å²) < 4.78 is 0. The minimum Gasteiger partial charge on any atom is -0.372 e. The molecule has 33 heavy (non-hydrogen) atoms. The fourth-order valence-corrected chi connectivity index (χ4v) is 4.88. The van der Waals surface area contributed by atoms with Crippen molar-refractivity contribution in [2.45, 2.75) is 32.7 Å². The van der Waals surface area contributed by atoms with Gasteiger partial charge in [0.1, 0.15) is 11.6 Å². The Bertz CT molecular complexity index is 1210. The van der Waals surface area contributed by atoms with Gasteiger partial charge in [0.25, 0.3) is 0 Å². The smallest absolute Gasteiger partial charge is 0.226 e. The summed E-state index contributed by atoms with van der Waals surface area (Å²) in [4.78, 5) is 12.1. The van der Waals surface area contributed by atoms with E-state index in [1.54, 1.807) is 0 Å². The van der Waals surface area contributed by atoms with Crippen LogP contribution in [0.3, 0.4) is 0 Å². The molecule has 0 bridgehead atoms. The molecule has 0 saturated heterocycles. The Labute approximate surface area is 196 Å². The number of hydrogen-bond donors (Lipinski definition) is 2. The first-order valence-electron chi connectivity index (χ1n) is 11.7. The van der Waals surface area contributed by atoms with E-state index < -0.39 is 0 Å². The van der Waals surface area contributed by atoms with Crippen molar-refractivity contribution >= 4 is 28.7 Å². The van der Waals surface area contributed by atoms with Crippen LogP contribution in [0.5, 0.6) is 0 Å². The Balaban J connectivity index is 1.35. The highest BCUT2D eigenvalue weighted by Crippen LogP contribution is 2.38. The Kier molecular flexibility index (Phi) is 5.86. The lowest BCUT2D eigenvalue weighted by Gasteiger charge is -2.32. The van der Waals surface area contributed by atoms with E-state index in [4.69, 9.17) is 9.97 Å². The normalized spacial score (nSPS) is 14.5. The summed E-state index contributed by atoms with van der Waals surface area (Å²) in [7, 11) is 1.92. The van der Waals surface area contributed by atoms with E-state index in [2.05, 4.69) is 83.6 Å². The number of nitrogens with one attached hydrogen (secondary N) is 2. The lowest BCUT2D eigenvalue weighted by molar-refractivity contribution is 0.762. The van der Waals surface area contributed by atoms with Gasteiger partial charge in [-0.05, 0) is 59.6 Å². The van der Waals surface area contributed by atoms with Gasteiger partial charge in [0.05, 0.1) is 5.56 Å². The molecule has 1 aromatic heterocycles. The molecule has 0 spiro atoms. The number of benzene rings is 2. The molecular weight excluding hydrogens is 406 g/mol. The fourth-order valence-electron chi connectivity index (χ4n) is 4.88. The van der Waals surface area contributed by atoms with Crippen LogP contribution >= 0.6 is 0 Å². The van der Waals surface area contributed by atoms with Crippen LogP contribution in [-0.4, -0.2) is 30.1 Å². The number of anilines is 3. The largest absolute Gasteiger partial charge is 0.372 e. The Hall–Kier alpha value is -3.60. The minimum absolute atomic E-state index is 0.661. The first-order valence-corrected chi connectivity index (χ1v) is 11.7. The van der Waals surface area contributed by atoms with Crippen LogP contribution in [0.1, 0.15) is 40.7 Å². The van der Waals surface area contributed by atoms with Gasteiger partial charge in [-0.15, -0.1) is 0 Å². The molecule has 0 unspecified atom stereocenters. The summed E-state index contributed by atoms with van der Waals surface area (Å²) >= 11 is 0. The van der Waals surface area contributed by atoms with Gasteiger partial charge in [0, 0.05) is 26.7 Å². The second kappa shape index (κ2) is 9.10. The highest BCUT2D eigenvalue weighted by molar-refractivity contribution is 5.84. The van der Waals surface area contributed by atoms with Crippen molar-refractivity contribution < 1.29 is 0 Å². The number of allylic oxidation sites excluding steroid dienone is 1. The summed E-state index contributed by atoms with van der Waals surface area (Å²) in [6, 6.07) is 17.1. The SMILES string of the molecule is C=C1CCN(Cc2ccccc2)c2nc(NCCC3=CCc4c(C)cccc43)nc(NC)c21. The van der Waals surface area contributed by atoms with Crippen LogP contribution in [0.2, 0.25) is 0 Å². The van der Waals surface area contributed by atoms with Gasteiger partial charge < -0.3 is 15.5 Å². The molecule has 1 aliphatic heterocycles. The zero-order chi connectivity index (χ0) is 22.8. The van der Waals surface area contributed by atoms with Crippen LogP contribution in [0, 0.1) is 6.92 Å². The van der Waals surface area contributed by atoms with Gasteiger partial charge in [-0.3, -0.25) is 0 Å². The van der Waals surface area contributed by atoms with Crippen LogP contribution in [0.25, 0.3) is 11.1 Å². The van der Waals surface area contributed by atoms with Crippen LogP contribution in [-0.2, 0) is 13.0 Å². The van der Waals surface area contributed by atoms with E-state index in [-0.39, 0.29) is 0 Å². The van der Waals surface area contributed by atoms with Crippen molar-refractivity contribution in [1.29, 1.82) is 0 Å². The van der Waals surface area contributed by atoms with E-state index in [9.17, 15) is 0 Å². The van der Waals surface area contributed by atoms with Gasteiger partial charge in [-0.1, -0.05) is 61.2 Å². The van der Waals surface area contributed by atoms with Gasteiger partial charge >= 0.3 is 0 Å². The highest BCUT2D eigenvalue weighted by Gasteiger charge is 2.26. The molecule has 5 nitrogen and oxygen atoms in total. The fraction of sp³-hybridized carbons (Fsp3) is 0.286. The molecule has 168 valence electrons. The van der Waals surface area contributed by atoms with Crippen molar-refractivity contribution in [2.75, 3.05) is 35.7 Å². The first kappa shape index (κ1) is 21.3. The molecule has 5 heteroatoms. The van der Waals surface area contributed by atoms with E-state index in [1.165, 1.54) is 27.8 Å². The molecule has 2 aromatic carbocycles. The van der Waals surface area contributed by atoms with Gasteiger partial charge in [0.2, 0.25) is 5.95 Å². The number of aryl methyl sites for hydroxylation is 1. The number of hydrogen-bond acceptors (Lipinski definition) is 5. The summed E-state index contributed by atoms with van der Waals surface area (Å²) in [5.74, 6) is 2.46. The van der Waals surface area contributed by atoms with E-state index >= 15 is 0 Å². The zero-order valence-electron chi connectivity index (χ0n) is 19.5. The predicted molar refractivity (Wildman–Crippen MR) is 139 cm³/mol. The number of nitrogens with zero attached hydrogens (tertiary/aromatic N) is 3. The molecule has 1 aliphatic carbocycles. The molecule has 5 rings (SSSR count). The molecule has 3 aromatic rings. The average molecular weight is 438 g/mol. The lowest BCUT2D eigenvalue weighted by Crippen LogP contribution is -2.30. The van der Waals surface area contributed by atoms with Crippen molar-refractivity contribution in [3.8, 4) is 0 Å². The number of rotatable bonds is 7. The van der Waals surface area contributed by atoms with Gasteiger partial charge in [-0.2, -0.15) is 9.97 Å². The van der Waals surface area contributed by atoms with Crippen molar-refractivity contribution in [2.24, 2.45) is 0 Å². The third kappa shape index (κ3) is 4.23. The third-order valence-corrected chi connectivity index (χ3v) is 6.67. The van der Waals surface area contributed by atoms with E-state index in [1.807, 2.05) is 7.05 Å². The first-order chi connectivity index (χ1) is 16.1. The standard InChI is InChI=1S/C28H31N5/c1-19-8-7-11-24-22(12-13-23(19)24)14-16-30-28-31-26(29-3)25-20(2)15-17-33(27(25)32-28)18-21-9-5-4-6-10-21/h4-12H,2,13-18H2,1,3H3,(H2,29,30,31,32). The van der Waals surface area contributed by atoms with Crippen LogP contribution < -0.4 is 15.5 Å². The molecule has 0 radical (unpaired) electrons. The maximum Gasteiger partial charge on any atom is 0.226 e. The maximum atomic E-state index is 4.96. The van der Waals surface area contributed by atoms with E-state index in [0.29, 0.717) is 5.95 Å². The van der Waals surface area contributed by atoms with Crippen molar-refractivity contribution in [3.05, 3.63) is 89.0 Å². The molecule has 2 N–H and O–H groups in total. The quantitative estimate of drug-likeness (QED) is 0.497. The Morgan fingerprint density at radius 3 is 2.73 bits per heavy atom. The number of fused-ring (bicyclic) bond motifs is 2. The molecule has 0 fully saturated rings. The second-order valence-electron chi connectivity index (χ2n) is 8.82. The summed E-state index contributed by atoms with van der Waals surface area (Å²) in [6.07, 6.45) is 5.26. The number of aromatic nitrogens is 2. The molecule has 0 saturated carbocycles. The topological polar surface area (TPSA) is 53.1 Å². The predicted octanol–water partition coefficient (Wildman–Crippen LogP) is 5.69. The van der Waals surface area contributed by atoms with Crippen LogP contribution in [0.15, 0.2) is 61.2 Å². The Morgan fingerprint density at radius 2 is 1.91 bits per heavy atom. The van der Waals surface area contributed by atoms with Gasteiger partial charge in [-0.25, -0.2) is 0 Å². The highest BCUT2D eigenvalue weighted by atomic mass is 15.2. The molecular formula is C28H31N5. The van der Waals surface area contributed by atoms with Crippen molar-refractivity contribution in [1.82, 2.24) is 9.97 Å². The zero-order valence-corrected chi connectivity index (χ0v) is 19.5. The minimum atomic E-state index is 0.661. The summed E-state index contributed by atoms with van der Waals surface area (Å²) in [5.41, 5.74) is 9.04. The van der Waals surface area contributed by atoms with E-state index in [0.717, 1.165) is 61.7 Å². The third-order valence-electron chi connectivity index (χ3n) is 6.67. The summed E-state index contributed by atoms with van der Waals surface area (Å²) in [6.45, 7) is 9.02. The molecule has 0 amide bonds. The molecule has 0 atom stereocenters. The molecule has 2 heterocycles. The second-order valence-corrected chi connectivity index (χ2v) is 8.82. The average Bonchev–Trinajstić information content (AvgIpc) is 3.25. The van der Waals surface area contributed by atoms with Crippen LogP contribution in [0.4, 0.5) is 17.6 Å². The maximum absolute atomic E-state index is 4.96. The molecule has 2 aliphatic rings. The summed E-state index contributed by atoms with van der Waals surface area (Å²) in [5, 5.41) is 6.75. The van der Waals surface area contributed by atoms with Gasteiger partial charge in [0.15, 0.2) is 0 Å². The lowest BCUT2D eigenvalue weighted by atomic mass is 9.99.